The van der Waals surface area contributed by atoms with Crippen LogP contribution in [0.5, 0.6) is 0 Å². The third-order valence-electron chi connectivity index (χ3n) is 2.96. The van der Waals surface area contributed by atoms with Crippen LogP contribution in [-0.4, -0.2) is 29.4 Å². The second-order valence-electron chi connectivity index (χ2n) is 4.08. The molecule has 0 bridgehead atoms. The second kappa shape index (κ2) is 4.95. The summed E-state index contributed by atoms with van der Waals surface area (Å²) in [7, 11) is 1.82. The van der Waals surface area contributed by atoms with Gasteiger partial charge in [-0.15, -0.1) is 0 Å². The zero-order valence-electron chi connectivity index (χ0n) is 10.2. The monoisotopic (exact) mass is 228 g/mol. The summed E-state index contributed by atoms with van der Waals surface area (Å²) >= 11 is 0. The van der Waals surface area contributed by atoms with Gasteiger partial charge in [0.15, 0.2) is 0 Å². The average Bonchev–Trinajstić information content (AvgIpc) is 2.38. The van der Waals surface area contributed by atoms with Crippen molar-refractivity contribution in [2.24, 2.45) is 0 Å². The minimum atomic E-state index is 0.130. The van der Waals surface area contributed by atoms with Gasteiger partial charge in [-0.3, -0.25) is 9.78 Å². The fourth-order valence-electron chi connectivity index (χ4n) is 1.78. The van der Waals surface area contributed by atoms with Crippen LogP contribution >= 0.6 is 0 Å². The fraction of sp³-hybridized carbons (Fsp3) is 0.286. The Balaban J connectivity index is 2.33. The summed E-state index contributed by atoms with van der Waals surface area (Å²) < 4.78 is 0. The molecular formula is C14H16N2O. The summed E-state index contributed by atoms with van der Waals surface area (Å²) in [6.07, 6.45) is 2.18. The van der Waals surface area contributed by atoms with Crippen LogP contribution in [0.1, 0.15) is 12.5 Å². The highest BCUT2D eigenvalue weighted by Crippen LogP contribution is 2.16. The van der Waals surface area contributed by atoms with Gasteiger partial charge in [0.25, 0.3) is 0 Å². The molecule has 17 heavy (non-hydrogen) atoms. The molecule has 0 aliphatic heterocycles. The van der Waals surface area contributed by atoms with Crippen molar-refractivity contribution in [2.75, 3.05) is 13.6 Å². The van der Waals surface area contributed by atoms with E-state index >= 15 is 0 Å². The zero-order chi connectivity index (χ0) is 12.3. The lowest BCUT2D eigenvalue weighted by molar-refractivity contribution is -0.128. The molecule has 0 saturated heterocycles. The van der Waals surface area contributed by atoms with Crippen molar-refractivity contribution in [3.05, 3.63) is 42.1 Å². The Morgan fingerprint density at radius 3 is 2.82 bits per heavy atom. The number of likely N-dealkylation sites (N-methyl/N-ethyl adjacent to an activating group) is 1. The minimum Gasteiger partial charge on any atom is -0.346 e. The van der Waals surface area contributed by atoms with Crippen LogP contribution in [-0.2, 0) is 11.2 Å². The van der Waals surface area contributed by atoms with Crippen LogP contribution in [0, 0.1) is 0 Å². The molecule has 0 unspecified atom stereocenters. The fourth-order valence-corrected chi connectivity index (χ4v) is 1.78. The van der Waals surface area contributed by atoms with E-state index in [4.69, 9.17) is 0 Å². The molecular weight excluding hydrogens is 212 g/mol. The Hall–Kier alpha value is -1.90. The van der Waals surface area contributed by atoms with Crippen molar-refractivity contribution >= 4 is 16.8 Å². The van der Waals surface area contributed by atoms with Gasteiger partial charge >= 0.3 is 0 Å². The first kappa shape index (κ1) is 11.6. The molecule has 2 rings (SSSR count). The maximum atomic E-state index is 11.9. The second-order valence-corrected chi connectivity index (χ2v) is 4.08. The first-order valence-corrected chi connectivity index (χ1v) is 5.79. The number of carbonyl (C=O) groups is 1. The first-order chi connectivity index (χ1) is 8.22. The number of aromatic nitrogens is 1. The Bertz CT molecular complexity index is 531. The first-order valence-electron chi connectivity index (χ1n) is 5.79. The molecule has 1 heterocycles. The Labute approximate surface area is 101 Å². The highest BCUT2D eigenvalue weighted by molar-refractivity contribution is 5.87. The van der Waals surface area contributed by atoms with Crippen molar-refractivity contribution < 1.29 is 4.79 Å². The van der Waals surface area contributed by atoms with E-state index in [1.54, 1.807) is 11.1 Å². The molecule has 3 heteroatoms. The summed E-state index contributed by atoms with van der Waals surface area (Å²) in [5.41, 5.74) is 1.92. The zero-order valence-corrected chi connectivity index (χ0v) is 10.2. The van der Waals surface area contributed by atoms with Gasteiger partial charge in [0.1, 0.15) is 0 Å². The van der Waals surface area contributed by atoms with E-state index in [2.05, 4.69) is 4.98 Å². The van der Waals surface area contributed by atoms with Gasteiger partial charge in [-0.05, 0) is 18.6 Å². The van der Waals surface area contributed by atoms with Crippen molar-refractivity contribution in [3.8, 4) is 0 Å². The molecule has 1 aromatic heterocycles. The van der Waals surface area contributed by atoms with Gasteiger partial charge < -0.3 is 4.90 Å². The standard InChI is InChI=1S/C14H16N2O/c1-3-16(2)13(17)10-12-7-4-6-11-8-5-9-15-14(11)12/h4-9H,3,10H2,1-2H3. The Morgan fingerprint density at radius 2 is 2.06 bits per heavy atom. The Kier molecular flexibility index (Phi) is 3.38. The molecule has 0 radical (unpaired) electrons. The molecule has 3 nitrogen and oxygen atoms in total. The number of fused-ring (bicyclic) bond motifs is 1. The Morgan fingerprint density at radius 1 is 1.29 bits per heavy atom. The predicted octanol–water partition coefficient (Wildman–Crippen LogP) is 2.26. The topological polar surface area (TPSA) is 33.2 Å². The average molecular weight is 228 g/mol. The maximum Gasteiger partial charge on any atom is 0.226 e. The number of benzene rings is 1. The number of hydrogen-bond donors (Lipinski definition) is 0. The van der Waals surface area contributed by atoms with Gasteiger partial charge in [-0.1, -0.05) is 24.3 Å². The number of para-hydroxylation sites is 1. The summed E-state index contributed by atoms with van der Waals surface area (Å²) in [5.74, 6) is 0.130. The third kappa shape index (κ3) is 2.44. The highest BCUT2D eigenvalue weighted by Gasteiger charge is 2.10. The van der Waals surface area contributed by atoms with Gasteiger partial charge in [0.05, 0.1) is 11.9 Å². The molecule has 0 aliphatic carbocycles. The van der Waals surface area contributed by atoms with Gasteiger partial charge in [0.2, 0.25) is 5.91 Å². The van der Waals surface area contributed by atoms with Gasteiger partial charge in [-0.2, -0.15) is 0 Å². The molecule has 1 aromatic carbocycles. The quantitative estimate of drug-likeness (QED) is 0.807. The van der Waals surface area contributed by atoms with E-state index in [0.29, 0.717) is 6.42 Å². The lowest BCUT2D eigenvalue weighted by Crippen LogP contribution is -2.27. The highest BCUT2D eigenvalue weighted by atomic mass is 16.2. The SMILES string of the molecule is CCN(C)C(=O)Cc1cccc2cccnc12. The number of pyridine rings is 1. The van der Waals surface area contributed by atoms with Crippen molar-refractivity contribution in [2.45, 2.75) is 13.3 Å². The molecule has 0 fully saturated rings. The number of amides is 1. The maximum absolute atomic E-state index is 11.9. The molecule has 1 amide bonds. The molecule has 0 atom stereocenters. The summed E-state index contributed by atoms with van der Waals surface area (Å²) in [6.45, 7) is 2.70. The lowest BCUT2D eigenvalue weighted by atomic mass is 10.1. The van der Waals surface area contributed by atoms with Gasteiger partial charge in [-0.25, -0.2) is 0 Å². The van der Waals surface area contributed by atoms with Crippen LogP contribution in [0.25, 0.3) is 10.9 Å². The number of nitrogens with zero attached hydrogens (tertiary/aromatic N) is 2. The summed E-state index contributed by atoms with van der Waals surface area (Å²) in [5, 5.41) is 1.08. The van der Waals surface area contributed by atoms with E-state index in [1.165, 1.54) is 0 Å². The van der Waals surface area contributed by atoms with Crippen LogP contribution < -0.4 is 0 Å². The molecule has 0 saturated carbocycles. The van der Waals surface area contributed by atoms with Crippen molar-refractivity contribution in [1.82, 2.24) is 9.88 Å². The van der Waals surface area contributed by atoms with Crippen LogP contribution in [0.3, 0.4) is 0 Å². The molecule has 88 valence electrons. The van der Waals surface area contributed by atoms with E-state index < -0.39 is 0 Å². The van der Waals surface area contributed by atoms with Gasteiger partial charge in [0, 0.05) is 25.2 Å². The minimum absolute atomic E-state index is 0.130. The molecule has 0 N–H and O–H groups in total. The smallest absolute Gasteiger partial charge is 0.226 e. The van der Waals surface area contributed by atoms with E-state index in [0.717, 1.165) is 23.0 Å². The molecule has 2 aromatic rings. The van der Waals surface area contributed by atoms with Crippen LogP contribution in [0.15, 0.2) is 36.5 Å². The third-order valence-corrected chi connectivity index (χ3v) is 2.96. The lowest BCUT2D eigenvalue weighted by Gasteiger charge is -2.14. The normalized spacial score (nSPS) is 10.5. The molecule has 0 spiro atoms. The van der Waals surface area contributed by atoms with Crippen molar-refractivity contribution in [1.29, 1.82) is 0 Å². The number of rotatable bonds is 3. The van der Waals surface area contributed by atoms with Crippen molar-refractivity contribution in [3.63, 3.8) is 0 Å². The largest absolute Gasteiger partial charge is 0.346 e. The summed E-state index contributed by atoms with van der Waals surface area (Å²) in [6, 6.07) is 9.88. The predicted molar refractivity (Wildman–Crippen MR) is 68.8 cm³/mol. The molecule has 0 aliphatic rings. The van der Waals surface area contributed by atoms with E-state index in [1.807, 2.05) is 44.3 Å². The summed E-state index contributed by atoms with van der Waals surface area (Å²) in [4.78, 5) is 18.0. The van der Waals surface area contributed by atoms with Crippen LogP contribution in [0.2, 0.25) is 0 Å². The van der Waals surface area contributed by atoms with Crippen LogP contribution in [0.4, 0.5) is 0 Å². The van der Waals surface area contributed by atoms with E-state index in [9.17, 15) is 4.79 Å². The van der Waals surface area contributed by atoms with E-state index in [-0.39, 0.29) is 5.91 Å². The number of hydrogen-bond acceptors (Lipinski definition) is 2. The number of carbonyl (C=O) groups excluding carboxylic acids is 1.